The molecule has 0 saturated heterocycles. The lowest BCUT2D eigenvalue weighted by atomic mass is 9.70. The van der Waals surface area contributed by atoms with Gasteiger partial charge in [0.25, 0.3) is 0 Å². The number of fused-ring (bicyclic) bond motifs is 2. The van der Waals surface area contributed by atoms with Crippen molar-refractivity contribution >= 4 is 11.9 Å². The third-order valence-electron chi connectivity index (χ3n) is 6.13. The van der Waals surface area contributed by atoms with Crippen LogP contribution in [0, 0.1) is 16.7 Å². The highest BCUT2D eigenvalue weighted by Crippen LogP contribution is 2.65. The molecule has 0 aromatic heterocycles. The second kappa shape index (κ2) is 5.96. The van der Waals surface area contributed by atoms with E-state index in [1.54, 1.807) is 0 Å². The number of hydrogen-bond acceptors (Lipinski definition) is 3. The van der Waals surface area contributed by atoms with Gasteiger partial charge in [0.2, 0.25) is 0 Å². The van der Waals surface area contributed by atoms with Crippen molar-refractivity contribution in [3.8, 4) is 0 Å². The Kier molecular flexibility index (Phi) is 4.53. The summed E-state index contributed by atoms with van der Waals surface area (Å²) in [5.41, 5.74) is 0.768. The Morgan fingerprint density at radius 3 is 1.61 bits per heavy atom. The van der Waals surface area contributed by atoms with Crippen molar-refractivity contribution < 1.29 is 24.9 Å². The summed E-state index contributed by atoms with van der Waals surface area (Å²) in [5, 5.41) is 26.7. The molecule has 3 atom stereocenters. The van der Waals surface area contributed by atoms with Crippen LogP contribution in [0.25, 0.3) is 0 Å². The molecule has 5 nitrogen and oxygen atoms in total. The smallest absolute Gasteiger partial charge is 0.335 e. The zero-order valence-electron chi connectivity index (χ0n) is 13.7. The molecule has 5 heteroatoms. The van der Waals surface area contributed by atoms with Gasteiger partial charge in [0.05, 0.1) is 17.2 Å². The van der Waals surface area contributed by atoms with E-state index in [-0.39, 0.29) is 22.6 Å². The Morgan fingerprint density at radius 1 is 1.00 bits per heavy atom. The minimum atomic E-state index is -1.06. The second-order valence-electron chi connectivity index (χ2n) is 7.31. The summed E-state index contributed by atoms with van der Waals surface area (Å²) in [7, 11) is 0. The predicted molar refractivity (Wildman–Crippen MR) is 85.6 cm³/mol. The number of aromatic carboxylic acids is 2. The predicted octanol–water partition coefficient (Wildman–Crippen LogP) is 3.28. The molecule has 2 saturated carbocycles. The van der Waals surface area contributed by atoms with Crippen molar-refractivity contribution in [3.63, 3.8) is 0 Å². The lowest BCUT2D eigenvalue weighted by Gasteiger charge is -2.36. The Morgan fingerprint density at radius 2 is 1.43 bits per heavy atom. The lowest BCUT2D eigenvalue weighted by Crippen LogP contribution is -2.35. The van der Waals surface area contributed by atoms with E-state index in [1.165, 1.54) is 37.1 Å². The van der Waals surface area contributed by atoms with Gasteiger partial charge in [-0.05, 0) is 60.3 Å². The maximum Gasteiger partial charge on any atom is 0.335 e. The summed E-state index contributed by atoms with van der Waals surface area (Å²) in [6.45, 7) is 6.90. The number of aliphatic hydroxyl groups is 1. The molecule has 2 fully saturated rings. The summed E-state index contributed by atoms with van der Waals surface area (Å²) in [6, 6.07) is 5.02. The number of benzene rings is 1. The monoisotopic (exact) mass is 320 g/mol. The number of hydrogen-bond donors (Lipinski definition) is 3. The van der Waals surface area contributed by atoms with E-state index in [0.29, 0.717) is 5.41 Å². The van der Waals surface area contributed by atoms with Gasteiger partial charge >= 0.3 is 11.9 Å². The number of carboxylic acid groups (broad SMARTS) is 2. The van der Waals surface area contributed by atoms with E-state index >= 15 is 0 Å². The van der Waals surface area contributed by atoms with Gasteiger partial charge in [-0.3, -0.25) is 0 Å². The minimum absolute atomic E-state index is 0.0313. The van der Waals surface area contributed by atoms with Crippen molar-refractivity contribution in [3.05, 3.63) is 35.4 Å². The standard InChI is InChI=1S/C10H18O.C8H6O4/c1-9(2)7-4-5-10(9,3)8(11)6-7;9-7(10)5-1-2-6(4-3-5)8(11)12/h7-8,11H,4-6H2,1-3H3;1-4H,(H,9,10)(H,11,12). The molecule has 1 aromatic rings. The maximum absolute atomic E-state index is 10.3. The fourth-order valence-corrected chi connectivity index (χ4v) is 3.92. The van der Waals surface area contributed by atoms with Gasteiger partial charge in [-0.2, -0.15) is 0 Å². The zero-order valence-corrected chi connectivity index (χ0v) is 13.7. The topological polar surface area (TPSA) is 94.8 Å². The molecule has 3 unspecified atom stereocenters. The van der Waals surface area contributed by atoms with Crippen molar-refractivity contribution in [1.29, 1.82) is 0 Å². The molecular weight excluding hydrogens is 296 g/mol. The molecule has 0 radical (unpaired) electrons. The third-order valence-corrected chi connectivity index (χ3v) is 6.13. The van der Waals surface area contributed by atoms with Gasteiger partial charge in [-0.15, -0.1) is 0 Å². The summed E-state index contributed by atoms with van der Waals surface area (Å²) < 4.78 is 0. The molecule has 23 heavy (non-hydrogen) atoms. The van der Waals surface area contributed by atoms with E-state index in [0.717, 1.165) is 12.3 Å². The first kappa shape index (κ1) is 17.5. The fourth-order valence-electron chi connectivity index (χ4n) is 3.92. The summed E-state index contributed by atoms with van der Waals surface area (Å²) in [5.74, 6) is -1.35. The van der Waals surface area contributed by atoms with Gasteiger partial charge in [0.15, 0.2) is 0 Å². The van der Waals surface area contributed by atoms with E-state index in [2.05, 4.69) is 20.8 Å². The van der Waals surface area contributed by atoms with Gasteiger partial charge in [-0.1, -0.05) is 20.8 Å². The molecule has 126 valence electrons. The van der Waals surface area contributed by atoms with E-state index in [1.807, 2.05) is 0 Å². The Labute approximate surface area is 136 Å². The zero-order chi connectivity index (χ0) is 17.4. The number of rotatable bonds is 2. The van der Waals surface area contributed by atoms with E-state index in [9.17, 15) is 14.7 Å². The van der Waals surface area contributed by atoms with Gasteiger partial charge in [-0.25, -0.2) is 9.59 Å². The van der Waals surface area contributed by atoms with Crippen LogP contribution in [-0.4, -0.2) is 33.4 Å². The van der Waals surface area contributed by atoms with Crippen molar-refractivity contribution in [2.24, 2.45) is 16.7 Å². The SMILES string of the molecule is CC1(C)C2CCC1(C)C(O)C2.O=C(O)c1ccc(C(=O)O)cc1. The van der Waals surface area contributed by atoms with Crippen LogP contribution in [0.15, 0.2) is 24.3 Å². The molecule has 2 aliphatic carbocycles. The largest absolute Gasteiger partial charge is 0.478 e. The van der Waals surface area contributed by atoms with E-state index < -0.39 is 11.9 Å². The van der Waals surface area contributed by atoms with Gasteiger partial charge in [0, 0.05) is 0 Å². The first-order valence-corrected chi connectivity index (χ1v) is 7.84. The molecule has 2 bridgehead atoms. The summed E-state index contributed by atoms with van der Waals surface area (Å²) in [4.78, 5) is 20.7. The lowest BCUT2D eigenvalue weighted by molar-refractivity contribution is 0.0126. The van der Waals surface area contributed by atoms with Crippen LogP contribution in [-0.2, 0) is 0 Å². The maximum atomic E-state index is 10.3. The Hall–Kier alpha value is -1.88. The van der Waals surface area contributed by atoms with Crippen LogP contribution in [0.3, 0.4) is 0 Å². The highest BCUT2D eigenvalue weighted by atomic mass is 16.4. The first-order chi connectivity index (χ1) is 10.6. The van der Waals surface area contributed by atoms with Crippen LogP contribution in [0.2, 0.25) is 0 Å². The van der Waals surface area contributed by atoms with Crippen molar-refractivity contribution in [2.45, 2.75) is 46.1 Å². The van der Waals surface area contributed by atoms with E-state index in [4.69, 9.17) is 10.2 Å². The van der Waals surface area contributed by atoms with Gasteiger partial charge in [0.1, 0.15) is 0 Å². The Balaban J connectivity index is 0.000000167. The van der Waals surface area contributed by atoms with Crippen LogP contribution >= 0.6 is 0 Å². The molecule has 0 aliphatic heterocycles. The van der Waals surface area contributed by atoms with Crippen LogP contribution in [0.4, 0.5) is 0 Å². The van der Waals surface area contributed by atoms with Crippen LogP contribution in [0.5, 0.6) is 0 Å². The Bertz CT molecular complexity index is 571. The number of carboxylic acids is 2. The third kappa shape index (κ3) is 2.98. The minimum Gasteiger partial charge on any atom is -0.478 e. The molecule has 1 aromatic carbocycles. The fraction of sp³-hybridized carbons (Fsp3) is 0.556. The quantitative estimate of drug-likeness (QED) is 0.777. The molecule has 0 spiro atoms. The van der Waals surface area contributed by atoms with Crippen molar-refractivity contribution in [1.82, 2.24) is 0 Å². The molecule has 2 aliphatic rings. The highest BCUT2D eigenvalue weighted by Gasteiger charge is 2.60. The highest BCUT2D eigenvalue weighted by molar-refractivity contribution is 5.91. The number of carbonyl (C=O) groups is 2. The van der Waals surface area contributed by atoms with Crippen LogP contribution in [0.1, 0.15) is 60.7 Å². The summed E-state index contributed by atoms with van der Waals surface area (Å²) >= 11 is 0. The molecule has 3 rings (SSSR count). The molecule has 0 heterocycles. The summed E-state index contributed by atoms with van der Waals surface area (Å²) in [6.07, 6.45) is 3.58. The average molecular weight is 320 g/mol. The van der Waals surface area contributed by atoms with Crippen LogP contribution < -0.4 is 0 Å². The average Bonchev–Trinajstić information content (AvgIpc) is 2.81. The molecule has 0 amide bonds. The number of aliphatic hydroxyl groups excluding tert-OH is 1. The second-order valence-corrected chi connectivity index (χ2v) is 7.31. The first-order valence-electron chi connectivity index (χ1n) is 7.84. The van der Waals surface area contributed by atoms with Crippen molar-refractivity contribution in [2.75, 3.05) is 0 Å². The van der Waals surface area contributed by atoms with Gasteiger partial charge < -0.3 is 15.3 Å². The molecule has 3 N–H and O–H groups in total. The normalized spacial score (nSPS) is 30.4. The molecular formula is C18H24O5.